The van der Waals surface area contributed by atoms with Gasteiger partial charge in [-0.1, -0.05) is 17.7 Å². The van der Waals surface area contributed by atoms with Crippen molar-refractivity contribution in [3.8, 4) is 0 Å². The van der Waals surface area contributed by atoms with E-state index in [1.807, 2.05) is 0 Å². The smallest absolute Gasteiger partial charge is 0.328 e. The van der Waals surface area contributed by atoms with Crippen LogP contribution in [-0.4, -0.2) is 24.5 Å². The Morgan fingerprint density at radius 1 is 1.50 bits per heavy atom. The normalized spacial score (nSPS) is 12.2. The first kappa shape index (κ1) is 16.2. The molecule has 0 heterocycles. The quantitative estimate of drug-likeness (QED) is 0.671. The van der Waals surface area contributed by atoms with Crippen molar-refractivity contribution in [3.05, 3.63) is 40.7 Å². The summed E-state index contributed by atoms with van der Waals surface area (Å²) in [5.74, 6) is -1.59. The summed E-state index contributed by atoms with van der Waals surface area (Å²) in [7, 11) is 0. The van der Waals surface area contributed by atoms with Crippen LogP contribution in [0.1, 0.15) is 19.4 Å². The second-order valence-corrected chi connectivity index (χ2v) is 4.36. The van der Waals surface area contributed by atoms with Crippen molar-refractivity contribution in [2.24, 2.45) is 0 Å². The second-order valence-electron chi connectivity index (χ2n) is 3.95. The zero-order chi connectivity index (χ0) is 15.1. The maximum Gasteiger partial charge on any atom is 0.328 e. The molecule has 1 atom stereocenters. The van der Waals surface area contributed by atoms with Crippen LogP contribution >= 0.6 is 11.6 Å². The first-order valence-corrected chi connectivity index (χ1v) is 6.42. The summed E-state index contributed by atoms with van der Waals surface area (Å²) in [6.45, 7) is 3.41. The fourth-order valence-corrected chi connectivity index (χ4v) is 1.64. The van der Waals surface area contributed by atoms with Crippen LogP contribution in [-0.2, 0) is 14.3 Å². The molecule has 108 valence electrons. The minimum Gasteiger partial charge on any atom is -0.464 e. The molecule has 0 aliphatic rings. The predicted octanol–water partition coefficient (Wildman–Crippen LogP) is 2.56. The van der Waals surface area contributed by atoms with E-state index in [1.165, 1.54) is 31.2 Å². The average molecular weight is 300 g/mol. The van der Waals surface area contributed by atoms with E-state index in [4.69, 9.17) is 16.3 Å². The molecule has 1 aromatic carbocycles. The van der Waals surface area contributed by atoms with Gasteiger partial charge in [0.05, 0.1) is 11.6 Å². The fourth-order valence-electron chi connectivity index (χ4n) is 1.42. The van der Waals surface area contributed by atoms with E-state index in [2.05, 4.69) is 5.32 Å². The Kier molecular flexibility index (Phi) is 6.18. The van der Waals surface area contributed by atoms with Gasteiger partial charge in [-0.2, -0.15) is 0 Å². The molecule has 0 aliphatic heterocycles. The van der Waals surface area contributed by atoms with Crippen molar-refractivity contribution < 1.29 is 18.7 Å². The van der Waals surface area contributed by atoms with Crippen LogP contribution in [0.5, 0.6) is 0 Å². The number of amides is 1. The first-order valence-electron chi connectivity index (χ1n) is 6.05. The van der Waals surface area contributed by atoms with Crippen LogP contribution in [0.4, 0.5) is 4.39 Å². The number of ether oxygens (including phenoxy) is 1. The molecule has 1 unspecified atom stereocenters. The van der Waals surface area contributed by atoms with Gasteiger partial charge in [0.2, 0.25) is 5.91 Å². The van der Waals surface area contributed by atoms with Crippen LogP contribution < -0.4 is 5.32 Å². The number of nitrogens with one attached hydrogen (secondary N) is 1. The molecule has 0 saturated carbocycles. The molecule has 1 rings (SSSR count). The van der Waals surface area contributed by atoms with E-state index in [9.17, 15) is 14.0 Å². The maximum atomic E-state index is 13.5. The monoisotopic (exact) mass is 299 g/mol. The third-order valence-electron chi connectivity index (χ3n) is 2.40. The Labute approximate surface area is 121 Å². The summed E-state index contributed by atoms with van der Waals surface area (Å²) in [4.78, 5) is 22.9. The Hall–Kier alpha value is -1.88. The second kappa shape index (κ2) is 7.65. The van der Waals surface area contributed by atoms with Gasteiger partial charge < -0.3 is 10.1 Å². The minimum atomic E-state index is -0.775. The highest BCUT2D eigenvalue weighted by Crippen LogP contribution is 2.20. The van der Waals surface area contributed by atoms with Gasteiger partial charge in [-0.05, 0) is 32.1 Å². The number of hydrogen-bond donors (Lipinski definition) is 1. The summed E-state index contributed by atoms with van der Waals surface area (Å²) in [5, 5.41) is 2.61. The molecule has 0 bridgehead atoms. The summed E-state index contributed by atoms with van der Waals surface area (Å²) in [5.41, 5.74) is 0.119. The van der Waals surface area contributed by atoms with E-state index in [0.717, 1.165) is 6.08 Å². The lowest BCUT2D eigenvalue weighted by Gasteiger charge is -2.10. The number of halogens is 2. The summed E-state index contributed by atoms with van der Waals surface area (Å²) in [6.07, 6.45) is 2.37. The van der Waals surface area contributed by atoms with Crippen molar-refractivity contribution in [2.45, 2.75) is 19.9 Å². The molecule has 20 heavy (non-hydrogen) atoms. The van der Waals surface area contributed by atoms with Gasteiger partial charge in [0.15, 0.2) is 0 Å². The SMILES string of the molecule is CCOC(=O)C(C)NC(=O)C=Cc1c(F)cccc1Cl. The summed E-state index contributed by atoms with van der Waals surface area (Å²) >= 11 is 5.81. The average Bonchev–Trinajstić information content (AvgIpc) is 2.38. The van der Waals surface area contributed by atoms with Gasteiger partial charge in [-0.3, -0.25) is 4.79 Å². The van der Waals surface area contributed by atoms with Gasteiger partial charge in [-0.15, -0.1) is 0 Å². The zero-order valence-electron chi connectivity index (χ0n) is 11.2. The summed E-state index contributed by atoms with van der Waals surface area (Å²) < 4.78 is 18.2. The number of carbonyl (C=O) groups excluding carboxylic acids is 2. The molecule has 0 saturated heterocycles. The van der Waals surface area contributed by atoms with E-state index in [0.29, 0.717) is 0 Å². The lowest BCUT2D eigenvalue weighted by molar-refractivity contribution is -0.146. The van der Waals surface area contributed by atoms with Gasteiger partial charge in [0.25, 0.3) is 0 Å². The van der Waals surface area contributed by atoms with Crippen molar-refractivity contribution in [2.75, 3.05) is 6.61 Å². The topological polar surface area (TPSA) is 55.4 Å². The van der Waals surface area contributed by atoms with Gasteiger partial charge in [0.1, 0.15) is 11.9 Å². The van der Waals surface area contributed by atoms with Crippen LogP contribution in [0.2, 0.25) is 5.02 Å². The standard InChI is InChI=1S/C14H15ClFNO3/c1-3-20-14(19)9(2)17-13(18)8-7-10-11(15)5-4-6-12(10)16/h4-9H,3H2,1-2H3,(H,17,18). The van der Waals surface area contributed by atoms with Crippen LogP contribution in [0.3, 0.4) is 0 Å². The Morgan fingerprint density at radius 3 is 2.80 bits per heavy atom. The largest absolute Gasteiger partial charge is 0.464 e. The fraction of sp³-hybridized carbons (Fsp3) is 0.286. The highest BCUT2D eigenvalue weighted by molar-refractivity contribution is 6.32. The van der Waals surface area contributed by atoms with Gasteiger partial charge >= 0.3 is 5.97 Å². The molecule has 0 aliphatic carbocycles. The van der Waals surface area contributed by atoms with Crippen molar-refractivity contribution in [3.63, 3.8) is 0 Å². The molecule has 0 aromatic heterocycles. The third kappa shape index (κ3) is 4.66. The van der Waals surface area contributed by atoms with Crippen LogP contribution in [0, 0.1) is 5.82 Å². The number of benzene rings is 1. The number of carbonyl (C=O) groups is 2. The first-order chi connectivity index (χ1) is 9.45. The highest BCUT2D eigenvalue weighted by Gasteiger charge is 2.15. The van der Waals surface area contributed by atoms with Gasteiger partial charge in [0, 0.05) is 11.6 Å². The van der Waals surface area contributed by atoms with E-state index < -0.39 is 23.7 Å². The molecule has 0 radical (unpaired) electrons. The number of hydrogen-bond acceptors (Lipinski definition) is 3. The zero-order valence-corrected chi connectivity index (χ0v) is 11.9. The van der Waals surface area contributed by atoms with Gasteiger partial charge in [-0.25, -0.2) is 9.18 Å². The molecule has 0 spiro atoms. The third-order valence-corrected chi connectivity index (χ3v) is 2.73. The lowest BCUT2D eigenvalue weighted by atomic mass is 10.2. The molecule has 6 heteroatoms. The lowest BCUT2D eigenvalue weighted by Crippen LogP contribution is -2.38. The van der Waals surface area contributed by atoms with Crippen molar-refractivity contribution >= 4 is 29.6 Å². The van der Waals surface area contributed by atoms with Crippen LogP contribution in [0.25, 0.3) is 6.08 Å². The summed E-state index contributed by atoms with van der Waals surface area (Å²) in [6, 6.07) is 3.45. The highest BCUT2D eigenvalue weighted by atomic mass is 35.5. The van der Waals surface area contributed by atoms with Crippen molar-refractivity contribution in [1.29, 1.82) is 0 Å². The van der Waals surface area contributed by atoms with Crippen molar-refractivity contribution in [1.82, 2.24) is 5.32 Å². The Morgan fingerprint density at radius 2 is 2.20 bits per heavy atom. The Balaban J connectivity index is 2.67. The van der Waals surface area contributed by atoms with E-state index in [1.54, 1.807) is 6.92 Å². The molecule has 1 aromatic rings. The molecule has 1 N–H and O–H groups in total. The number of rotatable bonds is 5. The number of esters is 1. The van der Waals surface area contributed by atoms with Crippen LogP contribution in [0.15, 0.2) is 24.3 Å². The minimum absolute atomic E-state index is 0.119. The molecular weight excluding hydrogens is 285 g/mol. The molecule has 0 fully saturated rings. The van der Waals surface area contributed by atoms with E-state index in [-0.39, 0.29) is 17.2 Å². The predicted molar refractivity (Wildman–Crippen MR) is 74.7 cm³/mol. The van der Waals surface area contributed by atoms with E-state index >= 15 is 0 Å². The molecule has 1 amide bonds. The Bertz CT molecular complexity index is 511. The maximum absolute atomic E-state index is 13.5. The molecule has 4 nitrogen and oxygen atoms in total. The molecular formula is C14H15ClFNO3.